The highest BCUT2D eigenvalue weighted by molar-refractivity contribution is 5.94. The largest absolute Gasteiger partial charge is 0.0842 e. The van der Waals surface area contributed by atoms with Crippen molar-refractivity contribution in [1.29, 1.82) is 0 Å². The van der Waals surface area contributed by atoms with Gasteiger partial charge in [-0.15, -0.1) is 0 Å². The molecule has 0 N–H and O–H groups in total. The molecule has 0 saturated heterocycles. The first kappa shape index (κ1) is 12.6. The first-order valence-corrected chi connectivity index (χ1v) is 6.71. The molecular formula is C18H20. The Morgan fingerprint density at radius 2 is 1.56 bits per heavy atom. The minimum Gasteiger partial charge on any atom is -0.0842 e. The first-order chi connectivity index (χ1) is 8.86. The topological polar surface area (TPSA) is 0 Å². The zero-order chi connectivity index (χ0) is 12.8. The fourth-order valence-corrected chi connectivity index (χ4v) is 2.12. The maximum absolute atomic E-state index is 2.25. The highest BCUT2D eigenvalue weighted by Crippen LogP contribution is 2.25. The molecular weight excluding hydrogens is 216 g/mol. The van der Waals surface area contributed by atoms with Crippen molar-refractivity contribution in [3.8, 4) is 0 Å². The van der Waals surface area contributed by atoms with Gasteiger partial charge in [0.15, 0.2) is 0 Å². The number of hydrogen-bond acceptors (Lipinski definition) is 0. The summed E-state index contributed by atoms with van der Waals surface area (Å²) < 4.78 is 0. The van der Waals surface area contributed by atoms with E-state index in [0.29, 0.717) is 0 Å². The third-order valence-electron chi connectivity index (χ3n) is 3.06. The van der Waals surface area contributed by atoms with Crippen molar-refractivity contribution in [3.05, 3.63) is 59.7 Å². The Balaban J connectivity index is 2.62. The number of allylic oxidation sites excluding steroid dienone is 2. The molecule has 92 valence electrons. The van der Waals surface area contributed by atoms with Crippen molar-refractivity contribution in [3.63, 3.8) is 0 Å². The molecule has 0 nitrogen and oxygen atoms in total. The second-order valence-electron chi connectivity index (χ2n) is 4.41. The van der Waals surface area contributed by atoms with Gasteiger partial charge >= 0.3 is 0 Å². The lowest BCUT2D eigenvalue weighted by molar-refractivity contribution is 1.23. The predicted octanol–water partition coefficient (Wildman–Crippen LogP) is 5.69. The number of rotatable bonds is 4. The smallest absolute Gasteiger partial charge is 0.0106 e. The Kier molecular flexibility index (Phi) is 4.35. The van der Waals surface area contributed by atoms with Gasteiger partial charge in [0.05, 0.1) is 0 Å². The van der Waals surface area contributed by atoms with E-state index in [4.69, 9.17) is 0 Å². The van der Waals surface area contributed by atoms with Gasteiger partial charge in [-0.25, -0.2) is 0 Å². The van der Waals surface area contributed by atoms with Crippen molar-refractivity contribution < 1.29 is 0 Å². The van der Waals surface area contributed by atoms with Gasteiger partial charge in [0.2, 0.25) is 0 Å². The van der Waals surface area contributed by atoms with E-state index < -0.39 is 0 Å². The van der Waals surface area contributed by atoms with E-state index in [0.717, 1.165) is 12.8 Å². The summed E-state index contributed by atoms with van der Waals surface area (Å²) in [6.07, 6.45) is 11.1. The minimum atomic E-state index is 1.07. The van der Waals surface area contributed by atoms with Crippen LogP contribution in [-0.2, 0) is 0 Å². The van der Waals surface area contributed by atoms with Crippen LogP contribution in [0.5, 0.6) is 0 Å². The Morgan fingerprint density at radius 1 is 0.833 bits per heavy atom. The molecule has 0 heteroatoms. The Bertz CT molecular complexity index is 574. The molecule has 0 aliphatic heterocycles. The molecule has 2 rings (SSSR count). The zero-order valence-corrected chi connectivity index (χ0v) is 11.2. The highest BCUT2D eigenvalue weighted by atomic mass is 14.1. The van der Waals surface area contributed by atoms with E-state index in [2.05, 4.69) is 74.5 Å². The molecule has 0 aliphatic carbocycles. The molecule has 0 bridgehead atoms. The summed E-state index contributed by atoms with van der Waals surface area (Å²) in [7, 11) is 0. The van der Waals surface area contributed by atoms with Crippen LogP contribution in [0.15, 0.2) is 48.6 Å². The van der Waals surface area contributed by atoms with E-state index in [1.54, 1.807) is 0 Å². The van der Waals surface area contributed by atoms with Gasteiger partial charge in [0.25, 0.3) is 0 Å². The molecule has 0 spiro atoms. The van der Waals surface area contributed by atoms with E-state index in [9.17, 15) is 0 Å². The van der Waals surface area contributed by atoms with Gasteiger partial charge in [-0.3, -0.25) is 0 Å². The number of fused-ring (bicyclic) bond motifs is 1. The van der Waals surface area contributed by atoms with Gasteiger partial charge in [0.1, 0.15) is 0 Å². The molecule has 18 heavy (non-hydrogen) atoms. The Hall–Kier alpha value is -1.82. The second-order valence-corrected chi connectivity index (χ2v) is 4.41. The quantitative estimate of drug-likeness (QED) is 0.640. The first-order valence-electron chi connectivity index (χ1n) is 6.71. The molecule has 0 amide bonds. The molecule has 2 aromatic carbocycles. The van der Waals surface area contributed by atoms with E-state index in [1.165, 1.54) is 21.9 Å². The average molecular weight is 236 g/mol. The molecule has 0 radical (unpaired) electrons. The Labute approximate surface area is 110 Å². The summed E-state index contributed by atoms with van der Waals surface area (Å²) in [5, 5.41) is 2.64. The van der Waals surface area contributed by atoms with Crippen LogP contribution in [0, 0.1) is 0 Å². The number of benzene rings is 2. The van der Waals surface area contributed by atoms with Crippen LogP contribution in [0.3, 0.4) is 0 Å². The molecule has 0 atom stereocenters. The maximum atomic E-state index is 2.25. The lowest BCUT2D eigenvalue weighted by Crippen LogP contribution is -1.84. The molecule has 0 saturated carbocycles. The summed E-state index contributed by atoms with van der Waals surface area (Å²) in [5.41, 5.74) is 2.64. The normalized spacial score (nSPS) is 11.9. The molecule has 2 aromatic rings. The SMILES string of the molecule is CC/C=C/c1ccc2ccccc2c1/C=C/CC. The predicted molar refractivity (Wildman–Crippen MR) is 82.6 cm³/mol. The summed E-state index contributed by atoms with van der Waals surface area (Å²) in [4.78, 5) is 0. The van der Waals surface area contributed by atoms with Crippen LogP contribution in [0.25, 0.3) is 22.9 Å². The maximum Gasteiger partial charge on any atom is -0.0106 e. The lowest BCUT2D eigenvalue weighted by atomic mass is 9.98. The average Bonchev–Trinajstić information content (AvgIpc) is 2.43. The van der Waals surface area contributed by atoms with Crippen LogP contribution in [0.1, 0.15) is 37.8 Å². The fourth-order valence-electron chi connectivity index (χ4n) is 2.12. The van der Waals surface area contributed by atoms with Crippen molar-refractivity contribution in [2.24, 2.45) is 0 Å². The van der Waals surface area contributed by atoms with Crippen LogP contribution < -0.4 is 0 Å². The third kappa shape index (κ3) is 2.70. The highest BCUT2D eigenvalue weighted by Gasteiger charge is 2.02. The van der Waals surface area contributed by atoms with Crippen molar-refractivity contribution in [2.45, 2.75) is 26.7 Å². The second kappa shape index (κ2) is 6.20. The van der Waals surface area contributed by atoms with Gasteiger partial charge < -0.3 is 0 Å². The zero-order valence-electron chi connectivity index (χ0n) is 11.2. The molecule has 0 unspecified atom stereocenters. The summed E-state index contributed by atoms with van der Waals surface area (Å²) in [6, 6.07) is 13.0. The summed E-state index contributed by atoms with van der Waals surface area (Å²) in [5.74, 6) is 0. The third-order valence-corrected chi connectivity index (χ3v) is 3.06. The van der Waals surface area contributed by atoms with Gasteiger partial charge in [-0.1, -0.05) is 74.5 Å². The lowest BCUT2D eigenvalue weighted by Gasteiger charge is -2.07. The van der Waals surface area contributed by atoms with Crippen molar-refractivity contribution >= 4 is 22.9 Å². The molecule has 0 fully saturated rings. The van der Waals surface area contributed by atoms with Crippen LogP contribution in [0.4, 0.5) is 0 Å². The summed E-state index contributed by atoms with van der Waals surface area (Å²) in [6.45, 7) is 4.34. The van der Waals surface area contributed by atoms with Gasteiger partial charge in [-0.05, 0) is 34.7 Å². The van der Waals surface area contributed by atoms with E-state index >= 15 is 0 Å². The van der Waals surface area contributed by atoms with E-state index in [1.807, 2.05) is 0 Å². The fraction of sp³-hybridized carbons (Fsp3) is 0.222. The van der Waals surface area contributed by atoms with Crippen molar-refractivity contribution in [1.82, 2.24) is 0 Å². The minimum absolute atomic E-state index is 1.07. The standard InChI is InChI=1S/C18H20/c1-3-5-9-15-13-14-16-10-7-8-12-18(16)17(15)11-6-4-2/h5-14H,3-4H2,1-2H3/b9-5+,11-6+. The van der Waals surface area contributed by atoms with Gasteiger partial charge in [0, 0.05) is 0 Å². The molecule has 0 aromatic heterocycles. The number of hydrogen-bond donors (Lipinski definition) is 0. The summed E-state index contributed by atoms with van der Waals surface area (Å²) >= 11 is 0. The van der Waals surface area contributed by atoms with E-state index in [-0.39, 0.29) is 0 Å². The molecule has 0 heterocycles. The Morgan fingerprint density at radius 3 is 2.33 bits per heavy atom. The van der Waals surface area contributed by atoms with Crippen LogP contribution in [0.2, 0.25) is 0 Å². The molecule has 0 aliphatic rings. The van der Waals surface area contributed by atoms with Crippen LogP contribution in [-0.4, -0.2) is 0 Å². The van der Waals surface area contributed by atoms with Crippen LogP contribution >= 0.6 is 0 Å². The van der Waals surface area contributed by atoms with Crippen molar-refractivity contribution in [2.75, 3.05) is 0 Å². The van der Waals surface area contributed by atoms with Gasteiger partial charge in [-0.2, -0.15) is 0 Å². The monoisotopic (exact) mass is 236 g/mol.